The highest BCUT2D eigenvalue weighted by Crippen LogP contribution is 2.32. The molecule has 1 amide bonds. The number of fused-ring (bicyclic) bond motifs is 1. The lowest BCUT2D eigenvalue weighted by Crippen LogP contribution is -2.29. The van der Waals surface area contributed by atoms with Crippen molar-refractivity contribution in [1.82, 2.24) is 0 Å². The maximum absolute atomic E-state index is 12.4. The van der Waals surface area contributed by atoms with Gasteiger partial charge in [0, 0.05) is 16.1 Å². The second-order valence-corrected chi connectivity index (χ2v) is 8.22. The number of benzene rings is 1. The first-order valence-electron chi connectivity index (χ1n) is 9.08. The van der Waals surface area contributed by atoms with Gasteiger partial charge in [-0.1, -0.05) is 19.1 Å². The number of rotatable bonds is 5. The van der Waals surface area contributed by atoms with E-state index in [1.165, 1.54) is 35.6 Å². The zero-order chi connectivity index (χ0) is 19.6. The van der Waals surface area contributed by atoms with Crippen LogP contribution < -0.4 is 5.32 Å². The fraction of sp³-hybridized carbons (Fsp3) is 0.381. The van der Waals surface area contributed by atoms with Crippen molar-refractivity contribution < 1.29 is 19.1 Å². The molecule has 1 aliphatic rings. The van der Waals surface area contributed by atoms with Gasteiger partial charge >= 0.3 is 5.97 Å². The molecule has 0 saturated carbocycles. The lowest BCUT2D eigenvalue weighted by molar-refractivity contribution is -0.123. The summed E-state index contributed by atoms with van der Waals surface area (Å²) in [7, 11) is 0. The van der Waals surface area contributed by atoms with Gasteiger partial charge in [0.1, 0.15) is 4.88 Å². The monoisotopic (exact) mass is 385 g/mol. The molecule has 1 aromatic heterocycles. The second kappa shape index (κ2) is 8.05. The third-order valence-corrected chi connectivity index (χ3v) is 5.94. The number of carbonyl (C=O) groups excluding carboxylic acids is 3. The third-order valence-electron chi connectivity index (χ3n) is 4.72. The molecule has 0 fully saturated rings. The normalized spacial score (nSPS) is 16.9. The highest BCUT2D eigenvalue weighted by molar-refractivity contribution is 7.14. The molecule has 0 spiro atoms. The molecule has 1 aliphatic carbocycles. The first-order chi connectivity index (χ1) is 12.8. The topological polar surface area (TPSA) is 72.5 Å². The number of thiophene rings is 1. The SMILES string of the molecule is CC(=O)c1cccc(NC(=O)[C@H](C)OC(=O)c2cc3c(s2)CC[C@H](C)C3)c1. The van der Waals surface area contributed by atoms with E-state index < -0.39 is 18.0 Å². The van der Waals surface area contributed by atoms with Gasteiger partial charge in [0.15, 0.2) is 11.9 Å². The first-order valence-corrected chi connectivity index (χ1v) is 9.89. The van der Waals surface area contributed by atoms with Crippen LogP contribution in [0.1, 0.15) is 57.7 Å². The van der Waals surface area contributed by atoms with Gasteiger partial charge in [-0.05, 0) is 62.8 Å². The average molecular weight is 385 g/mol. The summed E-state index contributed by atoms with van der Waals surface area (Å²) in [5.74, 6) is -0.353. The molecule has 0 bridgehead atoms. The molecule has 2 atom stereocenters. The standard InChI is InChI=1S/C21H23NO4S/c1-12-7-8-18-16(9-12)11-19(27-18)21(25)26-14(3)20(24)22-17-6-4-5-15(10-17)13(2)23/h4-6,10-12,14H,7-9H2,1-3H3,(H,22,24)/t12-,14-/m0/s1. The van der Waals surface area contributed by atoms with E-state index in [1.807, 2.05) is 6.07 Å². The summed E-state index contributed by atoms with van der Waals surface area (Å²) in [6.07, 6.45) is 2.19. The van der Waals surface area contributed by atoms with Gasteiger partial charge in [-0.3, -0.25) is 9.59 Å². The largest absolute Gasteiger partial charge is 0.448 e. The predicted octanol–water partition coefficient (Wildman–Crippen LogP) is 4.26. The van der Waals surface area contributed by atoms with Gasteiger partial charge in [-0.15, -0.1) is 11.3 Å². The van der Waals surface area contributed by atoms with Crippen molar-refractivity contribution in [2.45, 2.75) is 46.1 Å². The van der Waals surface area contributed by atoms with Crippen molar-refractivity contribution in [2.24, 2.45) is 5.92 Å². The van der Waals surface area contributed by atoms with Crippen molar-refractivity contribution in [3.05, 3.63) is 51.2 Å². The minimum absolute atomic E-state index is 0.0819. The van der Waals surface area contributed by atoms with Crippen LogP contribution in [0.3, 0.4) is 0 Å². The van der Waals surface area contributed by atoms with Crippen LogP contribution in [0.2, 0.25) is 0 Å². The van der Waals surface area contributed by atoms with E-state index in [2.05, 4.69) is 12.2 Å². The fourth-order valence-corrected chi connectivity index (χ4v) is 4.23. The third kappa shape index (κ3) is 4.63. The van der Waals surface area contributed by atoms with Crippen LogP contribution >= 0.6 is 11.3 Å². The summed E-state index contributed by atoms with van der Waals surface area (Å²) in [6.45, 7) is 5.22. The van der Waals surface area contributed by atoms with E-state index in [0.717, 1.165) is 19.3 Å². The Morgan fingerprint density at radius 3 is 2.78 bits per heavy atom. The zero-order valence-corrected chi connectivity index (χ0v) is 16.5. The molecule has 0 aliphatic heterocycles. The Morgan fingerprint density at radius 1 is 1.26 bits per heavy atom. The quantitative estimate of drug-likeness (QED) is 0.617. The van der Waals surface area contributed by atoms with Gasteiger partial charge < -0.3 is 10.1 Å². The van der Waals surface area contributed by atoms with Gasteiger partial charge in [0.25, 0.3) is 5.91 Å². The number of amides is 1. The summed E-state index contributed by atoms with van der Waals surface area (Å²) in [6, 6.07) is 8.57. The van der Waals surface area contributed by atoms with E-state index in [4.69, 9.17) is 4.74 Å². The van der Waals surface area contributed by atoms with E-state index in [9.17, 15) is 14.4 Å². The van der Waals surface area contributed by atoms with Gasteiger partial charge in [0.05, 0.1) is 0 Å². The number of ether oxygens (including phenoxy) is 1. The Labute approximate surface area is 162 Å². The van der Waals surface area contributed by atoms with Crippen molar-refractivity contribution in [3.63, 3.8) is 0 Å². The molecule has 3 rings (SSSR count). The number of hydrogen-bond acceptors (Lipinski definition) is 5. The van der Waals surface area contributed by atoms with Crippen LogP contribution in [0.5, 0.6) is 0 Å². The molecule has 6 heteroatoms. The van der Waals surface area contributed by atoms with Crippen LogP contribution in [0.4, 0.5) is 5.69 Å². The van der Waals surface area contributed by atoms with Crippen molar-refractivity contribution in [3.8, 4) is 0 Å². The van der Waals surface area contributed by atoms with Gasteiger partial charge in [-0.25, -0.2) is 4.79 Å². The van der Waals surface area contributed by atoms with Gasteiger partial charge in [-0.2, -0.15) is 0 Å². The molecule has 27 heavy (non-hydrogen) atoms. The number of esters is 1. The molecule has 2 aromatic rings. The van der Waals surface area contributed by atoms with Crippen molar-refractivity contribution in [2.75, 3.05) is 5.32 Å². The van der Waals surface area contributed by atoms with Crippen LogP contribution in [0.15, 0.2) is 30.3 Å². The van der Waals surface area contributed by atoms with Crippen LogP contribution in [0.25, 0.3) is 0 Å². The van der Waals surface area contributed by atoms with Crippen LogP contribution in [-0.4, -0.2) is 23.8 Å². The number of anilines is 1. The summed E-state index contributed by atoms with van der Waals surface area (Å²) in [5, 5.41) is 2.68. The second-order valence-electron chi connectivity index (χ2n) is 7.08. The maximum atomic E-state index is 12.4. The van der Waals surface area contributed by atoms with Gasteiger partial charge in [0.2, 0.25) is 0 Å². The fourth-order valence-electron chi connectivity index (χ4n) is 3.14. The van der Waals surface area contributed by atoms with Crippen LogP contribution in [-0.2, 0) is 22.4 Å². The van der Waals surface area contributed by atoms with E-state index in [1.54, 1.807) is 24.3 Å². The molecule has 1 heterocycles. The molecule has 0 unspecified atom stereocenters. The molecule has 142 valence electrons. The lowest BCUT2D eigenvalue weighted by Gasteiger charge is -2.16. The van der Waals surface area contributed by atoms with Crippen LogP contribution in [0, 0.1) is 5.92 Å². The highest BCUT2D eigenvalue weighted by atomic mass is 32.1. The summed E-state index contributed by atoms with van der Waals surface area (Å²) < 4.78 is 5.35. The average Bonchev–Trinajstić information content (AvgIpc) is 3.05. The van der Waals surface area contributed by atoms with Crippen molar-refractivity contribution in [1.29, 1.82) is 0 Å². The maximum Gasteiger partial charge on any atom is 0.349 e. The van der Waals surface area contributed by atoms with E-state index in [-0.39, 0.29) is 5.78 Å². The zero-order valence-electron chi connectivity index (χ0n) is 15.7. The molecular formula is C21H23NO4S. The Morgan fingerprint density at radius 2 is 2.04 bits per heavy atom. The lowest BCUT2D eigenvalue weighted by atomic mass is 9.90. The Balaban J connectivity index is 1.62. The van der Waals surface area contributed by atoms with Crippen molar-refractivity contribution >= 4 is 34.7 Å². The summed E-state index contributed by atoms with van der Waals surface area (Å²) in [5.41, 5.74) is 2.23. The molecule has 0 radical (unpaired) electrons. The Hall–Kier alpha value is -2.47. The minimum atomic E-state index is -0.934. The molecule has 0 saturated heterocycles. The molecule has 5 nitrogen and oxygen atoms in total. The predicted molar refractivity (Wildman–Crippen MR) is 105 cm³/mol. The van der Waals surface area contributed by atoms with E-state index >= 15 is 0 Å². The highest BCUT2D eigenvalue weighted by Gasteiger charge is 2.24. The number of carbonyl (C=O) groups is 3. The van der Waals surface area contributed by atoms with E-state index in [0.29, 0.717) is 22.0 Å². The molecule has 1 aromatic carbocycles. The number of ketones is 1. The Bertz CT molecular complexity index is 886. The molecule has 1 N–H and O–H groups in total. The number of aryl methyl sites for hydroxylation is 1. The summed E-state index contributed by atoms with van der Waals surface area (Å²) in [4.78, 5) is 38.0. The number of hydrogen-bond donors (Lipinski definition) is 1. The molecular weight excluding hydrogens is 362 g/mol. The first kappa shape index (κ1) is 19.3. The Kier molecular flexibility index (Phi) is 5.75. The summed E-state index contributed by atoms with van der Waals surface area (Å²) >= 11 is 1.46. The smallest absolute Gasteiger partial charge is 0.349 e. The minimum Gasteiger partial charge on any atom is -0.448 e. The number of Topliss-reactive ketones (excluding diaryl/α,β-unsaturated/α-hetero) is 1. The number of nitrogens with one attached hydrogen (secondary N) is 1.